The lowest BCUT2D eigenvalue weighted by Crippen LogP contribution is -2.32. The lowest BCUT2D eigenvalue weighted by Gasteiger charge is -2.21. The van der Waals surface area contributed by atoms with Crippen molar-refractivity contribution in [1.82, 2.24) is 4.90 Å². The first-order valence-electron chi connectivity index (χ1n) is 6.83. The standard InChI is InChI=1S/C16H22N2O2/c1-3-18(10-5-11-19)16(20)15-12-13(2)7-8-14(15)6-4-9-17/h7-8,12,19H,3,5,9-11,17H2,1-2H3. The Balaban J connectivity index is 3.08. The number of hydrogen-bond donors (Lipinski definition) is 2. The van der Waals surface area contributed by atoms with E-state index in [1.54, 1.807) is 4.90 Å². The second-order valence-corrected chi connectivity index (χ2v) is 4.52. The molecule has 1 aromatic rings. The second kappa shape index (κ2) is 8.36. The van der Waals surface area contributed by atoms with Crippen LogP contribution in [0.4, 0.5) is 0 Å². The van der Waals surface area contributed by atoms with Crippen LogP contribution in [0.15, 0.2) is 18.2 Å². The van der Waals surface area contributed by atoms with E-state index in [1.807, 2.05) is 32.0 Å². The van der Waals surface area contributed by atoms with Crippen LogP contribution in [0.25, 0.3) is 0 Å². The number of rotatable bonds is 5. The van der Waals surface area contributed by atoms with Gasteiger partial charge >= 0.3 is 0 Å². The summed E-state index contributed by atoms with van der Waals surface area (Å²) in [5.41, 5.74) is 7.71. The SMILES string of the molecule is CCN(CCCO)C(=O)c1cc(C)ccc1C#CCN. The van der Waals surface area contributed by atoms with Crippen LogP contribution >= 0.6 is 0 Å². The molecule has 1 aromatic carbocycles. The predicted molar refractivity (Wildman–Crippen MR) is 80.4 cm³/mol. The lowest BCUT2D eigenvalue weighted by atomic mass is 10.0. The summed E-state index contributed by atoms with van der Waals surface area (Å²) >= 11 is 0. The molecule has 0 atom stereocenters. The first kappa shape index (κ1) is 16.2. The second-order valence-electron chi connectivity index (χ2n) is 4.52. The van der Waals surface area contributed by atoms with Crippen molar-refractivity contribution >= 4 is 5.91 Å². The molecular formula is C16H22N2O2. The maximum atomic E-state index is 12.6. The summed E-state index contributed by atoms with van der Waals surface area (Å²) in [6.45, 7) is 5.37. The molecule has 0 aromatic heterocycles. The summed E-state index contributed by atoms with van der Waals surface area (Å²) in [6, 6.07) is 5.64. The molecule has 108 valence electrons. The summed E-state index contributed by atoms with van der Waals surface area (Å²) in [5, 5.41) is 8.90. The number of amides is 1. The van der Waals surface area contributed by atoms with Gasteiger partial charge in [0.2, 0.25) is 0 Å². The summed E-state index contributed by atoms with van der Waals surface area (Å²) in [4.78, 5) is 14.3. The Kier molecular flexibility index (Phi) is 6.78. The molecule has 1 amide bonds. The fourth-order valence-corrected chi connectivity index (χ4v) is 1.93. The average Bonchev–Trinajstić information content (AvgIpc) is 2.46. The zero-order chi connectivity index (χ0) is 15.0. The number of hydrogen-bond acceptors (Lipinski definition) is 3. The molecule has 0 saturated carbocycles. The predicted octanol–water partition coefficient (Wildman–Crippen LogP) is 1.15. The number of aliphatic hydroxyl groups excluding tert-OH is 1. The highest BCUT2D eigenvalue weighted by atomic mass is 16.3. The van der Waals surface area contributed by atoms with E-state index in [0.29, 0.717) is 30.6 Å². The molecule has 0 aliphatic rings. The zero-order valence-electron chi connectivity index (χ0n) is 12.1. The number of nitrogens with two attached hydrogens (primary N) is 1. The minimum absolute atomic E-state index is 0.0500. The van der Waals surface area contributed by atoms with E-state index in [1.165, 1.54) is 0 Å². The molecule has 0 heterocycles. The van der Waals surface area contributed by atoms with E-state index in [4.69, 9.17) is 10.8 Å². The van der Waals surface area contributed by atoms with E-state index in [0.717, 1.165) is 5.56 Å². The molecule has 0 aliphatic carbocycles. The normalized spacial score (nSPS) is 9.80. The van der Waals surface area contributed by atoms with Gasteiger partial charge in [0.15, 0.2) is 0 Å². The molecule has 0 bridgehead atoms. The Morgan fingerprint density at radius 2 is 2.20 bits per heavy atom. The van der Waals surface area contributed by atoms with Gasteiger partial charge < -0.3 is 15.7 Å². The first-order chi connectivity index (χ1) is 9.63. The van der Waals surface area contributed by atoms with Crippen molar-refractivity contribution in [2.75, 3.05) is 26.2 Å². The fourth-order valence-electron chi connectivity index (χ4n) is 1.93. The van der Waals surface area contributed by atoms with E-state index in [9.17, 15) is 4.79 Å². The van der Waals surface area contributed by atoms with Gasteiger partial charge in [-0.1, -0.05) is 23.5 Å². The fraction of sp³-hybridized carbons (Fsp3) is 0.438. The van der Waals surface area contributed by atoms with E-state index < -0.39 is 0 Å². The van der Waals surface area contributed by atoms with Crippen molar-refractivity contribution in [1.29, 1.82) is 0 Å². The van der Waals surface area contributed by atoms with Gasteiger partial charge in [-0.15, -0.1) is 0 Å². The van der Waals surface area contributed by atoms with Gasteiger partial charge in [0, 0.05) is 25.3 Å². The third-order valence-corrected chi connectivity index (χ3v) is 2.99. The van der Waals surface area contributed by atoms with Crippen LogP contribution < -0.4 is 5.73 Å². The van der Waals surface area contributed by atoms with Gasteiger partial charge in [0.1, 0.15) is 0 Å². The Bertz CT molecular complexity index is 515. The molecule has 0 unspecified atom stereocenters. The van der Waals surface area contributed by atoms with Gasteiger partial charge in [0.05, 0.1) is 12.1 Å². The molecule has 4 nitrogen and oxygen atoms in total. The number of carbonyl (C=O) groups excluding carboxylic acids is 1. The van der Waals surface area contributed by atoms with Gasteiger partial charge in [-0.05, 0) is 32.4 Å². The topological polar surface area (TPSA) is 66.6 Å². The Labute approximate surface area is 120 Å². The van der Waals surface area contributed by atoms with Crippen molar-refractivity contribution in [3.8, 4) is 11.8 Å². The highest BCUT2D eigenvalue weighted by molar-refractivity contribution is 5.97. The van der Waals surface area contributed by atoms with Crippen molar-refractivity contribution in [2.45, 2.75) is 20.3 Å². The van der Waals surface area contributed by atoms with Crippen LogP contribution in [0.1, 0.15) is 34.8 Å². The smallest absolute Gasteiger partial charge is 0.255 e. The lowest BCUT2D eigenvalue weighted by molar-refractivity contribution is 0.0754. The van der Waals surface area contributed by atoms with Crippen LogP contribution in [-0.4, -0.2) is 42.2 Å². The molecule has 0 radical (unpaired) electrons. The molecule has 0 fully saturated rings. The molecule has 4 heteroatoms. The number of carbonyl (C=O) groups is 1. The first-order valence-corrected chi connectivity index (χ1v) is 6.83. The molecular weight excluding hydrogens is 252 g/mol. The Morgan fingerprint density at radius 3 is 2.80 bits per heavy atom. The summed E-state index contributed by atoms with van der Waals surface area (Å²) in [7, 11) is 0. The molecule has 3 N–H and O–H groups in total. The van der Waals surface area contributed by atoms with Crippen LogP contribution in [-0.2, 0) is 0 Å². The van der Waals surface area contributed by atoms with Gasteiger partial charge in [-0.3, -0.25) is 4.79 Å². The van der Waals surface area contributed by atoms with Crippen LogP contribution in [0.2, 0.25) is 0 Å². The Hall–Kier alpha value is -1.83. The summed E-state index contributed by atoms with van der Waals surface area (Å²) in [6.07, 6.45) is 0.579. The molecule has 0 aliphatic heterocycles. The highest BCUT2D eigenvalue weighted by Crippen LogP contribution is 2.14. The minimum Gasteiger partial charge on any atom is -0.396 e. The highest BCUT2D eigenvalue weighted by Gasteiger charge is 2.16. The van der Waals surface area contributed by atoms with E-state index in [2.05, 4.69) is 11.8 Å². The Morgan fingerprint density at radius 1 is 1.45 bits per heavy atom. The van der Waals surface area contributed by atoms with Crippen molar-refractivity contribution in [3.05, 3.63) is 34.9 Å². The van der Waals surface area contributed by atoms with E-state index >= 15 is 0 Å². The van der Waals surface area contributed by atoms with Gasteiger partial charge in [-0.2, -0.15) is 0 Å². The maximum Gasteiger partial charge on any atom is 0.255 e. The van der Waals surface area contributed by atoms with Gasteiger partial charge in [-0.25, -0.2) is 0 Å². The summed E-state index contributed by atoms with van der Waals surface area (Å²) in [5.74, 6) is 5.68. The van der Waals surface area contributed by atoms with Crippen LogP contribution in [0, 0.1) is 18.8 Å². The third kappa shape index (κ3) is 4.37. The average molecular weight is 274 g/mol. The third-order valence-electron chi connectivity index (χ3n) is 2.99. The molecule has 1 rings (SSSR count). The summed E-state index contributed by atoms with van der Waals surface area (Å²) < 4.78 is 0. The van der Waals surface area contributed by atoms with Crippen molar-refractivity contribution in [3.63, 3.8) is 0 Å². The van der Waals surface area contributed by atoms with E-state index in [-0.39, 0.29) is 19.1 Å². The largest absolute Gasteiger partial charge is 0.396 e. The number of benzene rings is 1. The number of aliphatic hydroxyl groups is 1. The maximum absolute atomic E-state index is 12.6. The minimum atomic E-state index is -0.0500. The molecule has 0 saturated heterocycles. The molecule has 0 spiro atoms. The zero-order valence-corrected chi connectivity index (χ0v) is 12.1. The van der Waals surface area contributed by atoms with Gasteiger partial charge in [0.25, 0.3) is 5.91 Å². The monoisotopic (exact) mass is 274 g/mol. The van der Waals surface area contributed by atoms with Crippen molar-refractivity contribution in [2.24, 2.45) is 5.73 Å². The molecule has 20 heavy (non-hydrogen) atoms. The van der Waals surface area contributed by atoms with Crippen molar-refractivity contribution < 1.29 is 9.90 Å². The number of nitrogens with zero attached hydrogens (tertiary/aromatic N) is 1. The van der Waals surface area contributed by atoms with Crippen LogP contribution in [0.5, 0.6) is 0 Å². The number of aryl methyl sites for hydroxylation is 1. The quantitative estimate of drug-likeness (QED) is 0.792. The van der Waals surface area contributed by atoms with Crippen LogP contribution in [0.3, 0.4) is 0 Å².